The monoisotopic (exact) mass is 350 g/mol. The molecule has 1 aliphatic rings. The molecule has 3 rings (SSSR count). The zero-order valence-corrected chi connectivity index (χ0v) is 16.2. The average molecular weight is 351 g/mol. The van der Waals surface area contributed by atoms with Crippen LogP contribution in [0, 0.1) is 12.8 Å². The molecule has 1 amide bonds. The largest absolute Gasteiger partial charge is 0.326 e. The second-order valence-electron chi connectivity index (χ2n) is 7.77. The summed E-state index contributed by atoms with van der Waals surface area (Å²) in [5, 5.41) is 3.11. The van der Waals surface area contributed by atoms with Crippen molar-refractivity contribution in [3.63, 3.8) is 0 Å². The van der Waals surface area contributed by atoms with Gasteiger partial charge in [-0.3, -0.25) is 9.69 Å². The number of benzene rings is 2. The molecule has 3 nitrogen and oxygen atoms in total. The number of piperidine rings is 1. The zero-order valence-electron chi connectivity index (χ0n) is 16.2. The van der Waals surface area contributed by atoms with Crippen LogP contribution in [0.4, 0.5) is 5.69 Å². The molecule has 1 aliphatic heterocycles. The number of hydrogen-bond donors (Lipinski definition) is 1. The maximum atomic E-state index is 12.7. The highest BCUT2D eigenvalue weighted by Gasteiger charge is 2.26. The number of anilines is 1. The van der Waals surface area contributed by atoms with E-state index in [2.05, 4.69) is 67.4 Å². The minimum atomic E-state index is 0.0672. The summed E-state index contributed by atoms with van der Waals surface area (Å²) in [7, 11) is 0. The topological polar surface area (TPSA) is 32.3 Å². The Balaban J connectivity index is 1.58. The molecule has 3 heteroatoms. The predicted molar refractivity (Wildman–Crippen MR) is 108 cm³/mol. The van der Waals surface area contributed by atoms with Crippen LogP contribution in [0.2, 0.25) is 0 Å². The van der Waals surface area contributed by atoms with Gasteiger partial charge in [0.15, 0.2) is 0 Å². The molecule has 0 bridgehead atoms. The van der Waals surface area contributed by atoms with Crippen molar-refractivity contribution in [3.05, 3.63) is 65.2 Å². The van der Waals surface area contributed by atoms with Crippen molar-refractivity contribution in [1.82, 2.24) is 4.90 Å². The van der Waals surface area contributed by atoms with Crippen molar-refractivity contribution >= 4 is 11.6 Å². The third-order valence-corrected chi connectivity index (χ3v) is 5.38. The van der Waals surface area contributed by atoms with Crippen LogP contribution < -0.4 is 5.32 Å². The highest BCUT2D eigenvalue weighted by molar-refractivity contribution is 5.92. The van der Waals surface area contributed by atoms with E-state index in [0.29, 0.717) is 5.92 Å². The van der Waals surface area contributed by atoms with Crippen LogP contribution in [0.1, 0.15) is 49.3 Å². The standard InChI is InChI=1S/C23H30N2O/c1-17(2)19-10-12-22(13-11-19)24-23(26)21-9-6-14-25(16-21)15-20-8-5-4-7-18(20)3/h4-5,7-8,10-13,17,21H,6,9,14-16H2,1-3H3,(H,24,26). The van der Waals surface area contributed by atoms with Crippen LogP contribution in [-0.4, -0.2) is 23.9 Å². The molecular weight excluding hydrogens is 320 g/mol. The smallest absolute Gasteiger partial charge is 0.228 e. The van der Waals surface area contributed by atoms with Gasteiger partial charge in [-0.05, 0) is 61.1 Å². The molecule has 1 unspecified atom stereocenters. The molecule has 1 atom stereocenters. The molecule has 0 radical (unpaired) electrons. The summed E-state index contributed by atoms with van der Waals surface area (Å²) in [6, 6.07) is 16.8. The van der Waals surface area contributed by atoms with Gasteiger partial charge >= 0.3 is 0 Å². The number of hydrogen-bond acceptors (Lipinski definition) is 2. The average Bonchev–Trinajstić information content (AvgIpc) is 2.64. The van der Waals surface area contributed by atoms with Crippen molar-refractivity contribution in [2.45, 2.75) is 46.1 Å². The molecule has 1 fully saturated rings. The number of nitrogens with zero attached hydrogens (tertiary/aromatic N) is 1. The minimum Gasteiger partial charge on any atom is -0.326 e. The summed E-state index contributed by atoms with van der Waals surface area (Å²) < 4.78 is 0. The normalized spacial score (nSPS) is 18.1. The number of amides is 1. The van der Waals surface area contributed by atoms with Gasteiger partial charge in [-0.25, -0.2) is 0 Å². The predicted octanol–water partition coefficient (Wildman–Crippen LogP) is 4.97. The molecule has 2 aromatic rings. The van der Waals surface area contributed by atoms with Gasteiger partial charge in [0.2, 0.25) is 5.91 Å². The number of carbonyl (C=O) groups excluding carboxylic acids is 1. The number of likely N-dealkylation sites (tertiary alicyclic amines) is 1. The van der Waals surface area contributed by atoms with E-state index in [-0.39, 0.29) is 11.8 Å². The van der Waals surface area contributed by atoms with E-state index in [1.54, 1.807) is 0 Å². The molecule has 138 valence electrons. The third kappa shape index (κ3) is 4.73. The molecule has 1 N–H and O–H groups in total. The molecular formula is C23H30N2O. The summed E-state index contributed by atoms with van der Waals surface area (Å²) in [6.07, 6.45) is 2.05. The van der Waals surface area contributed by atoms with Gasteiger partial charge in [0.25, 0.3) is 0 Å². The Morgan fingerprint density at radius 3 is 2.58 bits per heavy atom. The molecule has 0 saturated carbocycles. The Bertz CT molecular complexity index is 736. The second-order valence-corrected chi connectivity index (χ2v) is 7.77. The first-order valence-electron chi connectivity index (χ1n) is 9.70. The van der Waals surface area contributed by atoms with E-state index in [0.717, 1.165) is 38.2 Å². The summed E-state index contributed by atoms with van der Waals surface area (Å²) >= 11 is 0. The van der Waals surface area contributed by atoms with Crippen molar-refractivity contribution in [1.29, 1.82) is 0 Å². The molecule has 2 aromatic carbocycles. The molecule has 26 heavy (non-hydrogen) atoms. The summed E-state index contributed by atoms with van der Waals surface area (Å²) in [4.78, 5) is 15.1. The van der Waals surface area contributed by atoms with Crippen molar-refractivity contribution < 1.29 is 4.79 Å². The molecule has 0 spiro atoms. The first kappa shape index (κ1) is 18.7. The molecule has 1 heterocycles. The Hall–Kier alpha value is -2.13. The van der Waals surface area contributed by atoms with E-state index < -0.39 is 0 Å². The minimum absolute atomic E-state index is 0.0672. The fourth-order valence-electron chi connectivity index (χ4n) is 3.64. The van der Waals surface area contributed by atoms with Gasteiger partial charge < -0.3 is 5.32 Å². The van der Waals surface area contributed by atoms with E-state index in [1.165, 1.54) is 16.7 Å². The Morgan fingerprint density at radius 2 is 1.88 bits per heavy atom. The van der Waals surface area contributed by atoms with E-state index >= 15 is 0 Å². The maximum absolute atomic E-state index is 12.7. The van der Waals surface area contributed by atoms with Crippen molar-refractivity contribution in [2.24, 2.45) is 5.92 Å². The van der Waals surface area contributed by atoms with Crippen molar-refractivity contribution in [2.75, 3.05) is 18.4 Å². The Labute approximate surface area is 157 Å². The van der Waals surface area contributed by atoms with E-state index in [4.69, 9.17) is 0 Å². The fourth-order valence-corrected chi connectivity index (χ4v) is 3.64. The van der Waals surface area contributed by atoms with Crippen LogP contribution in [-0.2, 0) is 11.3 Å². The summed E-state index contributed by atoms with van der Waals surface area (Å²) in [5.74, 6) is 0.724. The van der Waals surface area contributed by atoms with Crippen LogP contribution in [0.25, 0.3) is 0 Å². The number of aryl methyl sites for hydroxylation is 1. The van der Waals surface area contributed by atoms with E-state index in [9.17, 15) is 4.79 Å². The number of carbonyl (C=O) groups is 1. The molecule has 0 aromatic heterocycles. The Morgan fingerprint density at radius 1 is 1.15 bits per heavy atom. The van der Waals surface area contributed by atoms with Gasteiger partial charge in [0.05, 0.1) is 5.92 Å². The van der Waals surface area contributed by atoms with Crippen LogP contribution >= 0.6 is 0 Å². The van der Waals surface area contributed by atoms with Gasteiger partial charge in [-0.1, -0.05) is 50.2 Å². The lowest BCUT2D eigenvalue weighted by molar-refractivity contribution is -0.121. The van der Waals surface area contributed by atoms with Crippen molar-refractivity contribution in [3.8, 4) is 0 Å². The summed E-state index contributed by atoms with van der Waals surface area (Å²) in [5.41, 5.74) is 4.88. The lowest BCUT2D eigenvalue weighted by atomic mass is 9.96. The molecule has 0 aliphatic carbocycles. The Kier molecular flexibility index (Phi) is 6.10. The number of rotatable bonds is 5. The van der Waals surface area contributed by atoms with Gasteiger partial charge in [0.1, 0.15) is 0 Å². The number of nitrogens with one attached hydrogen (secondary N) is 1. The fraction of sp³-hybridized carbons (Fsp3) is 0.435. The third-order valence-electron chi connectivity index (χ3n) is 5.38. The SMILES string of the molecule is Cc1ccccc1CN1CCCC(C(=O)Nc2ccc(C(C)C)cc2)C1. The first-order chi connectivity index (χ1) is 12.5. The van der Waals surface area contributed by atoms with Crippen LogP contribution in [0.15, 0.2) is 48.5 Å². The maximum Gasteiger partial charge on any atom is 0.228 e. The van der Waals surface area contributed by atoms with E-state index in [1.807, 2.05) is 12.1 Å². The van der Waals surface area contributed by atoms with Gasteiger partial charge in [-0.2, -0.15) is 0 Å². The molecule has 1 saturated heterocycles. The highest BCUT2D eigenvalue weighted by atomic mass is 16.1. The highest BCUT2D eigenvalue weighted by Crippen LogP contribution is 2.22. The lowest BCUT2D eigenvalue weighted by Crippen LogP contribution is -2.40. The van der Waals surface area contributed by atoms with Crippen LogP contribution in [0.3, 0.4) is 0 Å². The van der Waals surface area contributed by atoms with Crippen LogP contribution in [0.5, 0.6) is 0 Å². The first-order valence-corrected chi connectivity index (χ1v) is 9.70. The lowest BCUT2D eigenvalue weighted by Gasteiger charge is -2.32. The van der Waals surface area contributed by atoms with Gasteiger partial charge in [-0.15, -0.1) is 0 Å². The van der Waals surface area contributed by atoms with Gasteiger partial charge in [0, 0.05) is 18.8 Å². The second kappa shape index (κ2) is 8.50. The zero-order chi connectivity index (χ0) is 18.5. The summed E-state index contributed by atoms with van der Waals surface area (Å²) in [6.45, 7) is 9.35. The quantitative estimate of drug-likeness (QED) is 0.826.